The highest BCUT2D eigenvalue weighted by Gasteiger charge is 2.28. The lowest BCUT2D eigenvalue weighted by Gasteiger charge is -2.37. The fourth-order valence-corrected chi connectivity index (χ4v) is 2.94. The first-order chi connectivity index (χ1) is 12.8. The van der Waals surface area contributed by atoms with Crippen molar-refractivity contribution >= 4 is 23.6 Å². The molecule has 1 N–H and O–H groups in total. The van der Waals surface area contributed by atoms with Crippen molar-refractivity contribution < 1.29 is 24.4 Å². The molecule has 10 heteroatoms. The van der Waals surface area contributed by atoms with Gasteiger partial charge in [0.1, 0.15) is 0 Å². The zero-order chi connectivity index (χ0) is 20.1. The van der Waals surface area contributed by atoms with Gasteiger partial charge in [0.25, 0.3) is 11.6 Å². The van der Waals surface area contributed by atoms with Crippen molar-refractivity contribution in [2.24, 2.45) is 0 Å². The molecule has 2 rings (SSSR count). The van der Waals surface area contributed by atoms with E-state index in [0.29, 0.717) is 26.2 Å². The Hall–Kier alpha value is -3.17. The summed E-state index contributed by atoms with van der Waals surface area (Å²) in [7, 11) is 0. The number of nitro benzene ring substituents is 1. The Bertz CT molecular complexity index is 722. The minimum atomic E-state index is -1.35. The van der Waals surface area contributed by atoms with Crippen molar-refractivity contribution in [2.45, 2.75) is 13.8 Å². The van der Waals surface area contributed by atoms with Crippen LogP contribution in [0.25, 0.3) is 0 Å². The van der Waals surface area contributed by atoms with Crippen LogP contribution in [-0.2, 0) is 0 Å². The quantitative estimate of drug-likeness (QED) is 0.612. The van der Waals surface area contributed by atoms with Crippen LogP contribution in [0.1, 0.15) is 34.6 Å². The molecule has 1 heterocycles. The Balaban J connectivity index is 2.13. The minimum absolute atomic E-state index is 0.0508. The highest BCUT2D eigenvalue weighted by atomic mass is 16.6. The van der Waals surface area contributed by atoms with Crippen LogP contribution in [0.5, 0.6) is 0 Å². The van der Waals surface area contributed by atoms with Crippen molar-refractivity contribution in [3.8, 4) is 0 Å². The Morgan fingerprint density at radius 1 is 1.04 bits per heavy atom. The molecule has 1 aromatic rings. The number of piperazine rings is 1. The first kappa shape index (κ1) is 20.1. The van der Waals surface area contributed by atoms with Crippen LogP contribution in [-0.4, -0.2) is 81.9 Å². The van der Waals surface area contributed by atoms with Crippen LogP contribution in [0.2, 0.25) is 0 Å². The molecule has 0 spiro atoms. The van der Waals surface area contributed by atoms with Gasteiger partial charge in [0.2, 0.25) is 0 Å². The molecule has 0 aliphatic carbocycles. The molecule has 27 heavy (non-hydrogen) atoms. The molecular weight excluding hydrogens is 356 g/mol. The van der Waals surface area contributed by atoms with Gasteiger partial charge >= 0.3 is 12.0 Å². The second kappa shape index (κ2) is 8.47. The molecule has 0 saturated carbocycles. The van der Waals surface area contributed by atoms with Crippen LogP contribution >= 0.6 is 0 Å². The summed E-state index contributed by atoms with van der Waals surface area (Å²) >= 11 is 0. The lowest BCUT2D eigenvalue weighted by Crippen LogP contribution is -2.54. The number of benzene rings is 1. The number of nitro groups is 1. The van der Waals surface area contributed by atoms with Crippen molar-refractivity contribution in [2.75, 3.05) is 39.3 Å². The number of aromatic carboxylic acids is 1. The van der Waals surface area contributed by atoms with Crippen LogP contribution in [0, 0.1) is 10.1 Å². The number of carbonyl (C=O) groups is 3. The zero-order valence-electron chi connectivity index (χ0n) is 15.3. The fraction of sp³-hybridized carbons (Fsp3) is 0.471. The summed E-state index contributed by atoms with van der Waals surface area (Å²) in [5, 5.41) is 20.1. The predicted molar refractivity (Wildman–Crippen MR) is 95.8 cm³/mol. The Morgan fingerprint density at radius 3 is 2.04 bits per heavy atom. The molecule has 10 nitrogen and oxygen atoms in total. The number of amides is 3. The number of hydrogen-bond acceptors (Lipinski definition) is 5. The Kier molecular flexibility index (Phi) is 6.32. The van der Waals surface area contributed by atoms with E-state index in [-0.39, 0.29) is 30.2 Å². The summed E-state index contributed by atoms with van der Waals surface area (Å²) in [6.07, 6.45) is 0. The smallest absolute Gasteiger partial charge is 0.335 e. The van der Waals surface area contributed by atoms with Crippen LogP contribution < -0.4 is 0 Å². The number of urea groups is 1. The molecule has 0 aromatic heterocycles. The first-order valence-corrected chi connectivity index (χ1v) is 8.64. The summed E-state index contributed by atoms with van der Waals surface area (Å²) in [6.45, 7) is 6.23. The monoisotopic (exact) mass is 378 g/mol. The van der Waals surface area contributed by atoms with E-state index in [0.717, 1.165) is 18.2 Å². The van der Waals surface area contributed by atoms with Gasteiger partial charge in [-0.1, -0.05) is 0 Å². The molecule has 1 aliphatic rings. The van der Waals surface area contributed by atoms with E-state index in [1.54, 1.807) is 9.80 Å². The number of hydrogen-bond donors (Lipinski definition) is 1. The maximum Gasteiger partial charge on any atom is 0.335 e. The van der Waals surface area contributed by atoms with E-state index in [4.69, 9.17) is 5.11 Å². The molecular formula is C17H22N4O6. The number of carboxylic acid groups (broad SMARTS) is 1. The van der Waals surface area contributed by atoms with Gasteiger partial charge < -0.3 is 19.8 Å². The number of non-ortho nitro benzene ring substituents is 1. The average molecular weight is 378 g/mol. The third kappa shape index (κ3) is 4.52. The van der Waals surface area contributed by atoms with Crippen LogP contribution in [0.3, 0.4) is 0 Å². The maximum absolute atomic E-state index is 12.7. The molecule has 0 atom stereocenters. The minimum Gasteiger partial charge on any atom is -0.478 e. The number of nitrogens with zero attached hydrogens (tertiary/aromatic N) is 4. The largest absolute Gasteiger partial charge is 0.478 e. The van der Waals surface area contributed by atoms with Gasteiger partial charge in [0.05, 0.1) is 10.5 Å². The van der Waals surface area contributed by atoms with E-state index in [1.165, 1.54) is 4.90 Å². The number of rotatable bonds is 5. The zero-order valence-corrected chi connectivity index (χ0v) is 15.3. The average Bonchev–Trinajstić information content (AvgIpc) is 2.67. The summed E-state index contributed by atoms with van der Waals surface area (Å²) < 4.78 is 0. The van der Waals surface area contributed by atoms with Crippen LogP contribution in [0.15, 0.2) is 18.2 Å². The molecule has 1 fully saturated rings. The molecule has 1 saturated heterocycles. The Morgan fingerprint density at radius 2 is 1.56 bits per heavy atom. The lowest BCUT2D eigenvalue weighted by molar-refractivity contribution is -0.384. The Labute approximate surface area is 156 Å². The normalized spacial score (nSPS) is 14.0. The van der Waals surface area contributed by atoms with Crippen molar-refractivity contribution in [1.82, 2.24) is 14.7 Å². The molecule has 0 unspecified atom stereocenters. The van der Waals surface area contributed by atoms with Crippen molar-refractivity contribution in [3.63, 3.8) is 0 Å². The van der Waals surface area contributed by atoms with Gasteiger partial charge in [-0.2, -0.15) is 0 Å². The third-order valence-electron chi connectivity index (χ3n) is 4.49. The topological polar surface area (TPSA) is 124 Å². The van der Waals surface area contributed by atoms with Gasteiger partial charge in [-0.3, -0.25) is 14.9 Å². The maximum atomic E-state index is 12.7. The molecule has 0 radical (unpaired) electrons. The second-order valence-corrected chi connectivity index (χ2v) is 6.06. The molecule has 3 amide bonds. The van der Waals surface area contributed by atoms with Crippen molar-refractivity contribution in [1.29, 1.82) is 0 Å². The third-order valence-corrected chi connectivity index (χ3v) is 4.49. The standard InChI is InChI=1S/C17H22N4O6/c1-3-18(4-2)17(25)20-7-5-19(6-8-20)15(22)12-9-13(16(23)24)11-14(10-12)21(26)27/h9-11H,3-8H2,1-2H3,(H,23,24). The van der Waals surface area contributed by atoms with E-state index in [2.05, 4.69) is 0 Å². The van der Waals surface area contributed by atoms with Crippen LogP contribution in [0.4, 0.5) is 10.5 Å². The second-order valence-electron chi connectivity index (χ2n) is 6.06. The highest BCUT2D eigenvalue weighted by Crippen LogP contribution is 2.20. The van der Waals surface area contributed by atoms with Gasteiger partial charge in [0.15, 0.2) is 0 Å². The summed E-state index contributed by atoms with van der Waals surface area (Å²) in [4.78, 5) is 51.3. The van der Waals surface area contributed by atoms with Gasteiger partial charge in [-0.05, 0) is 19.9 Å². The summed E-state index contributed by atoms with van der Waals surface area (Å²) in [5.41, 5.74) is -0.818. The van der Waals surface area contributed by atoms with Gasteiger partial charge in [-0.15, -0.1) is 0 Å². The lowest BCUT2D eigenvalue weighted by atomic mass is 10.1. The van der Waals surface area contributed by atoms with Crippen molar-refractivity contribution in [3.05, 3.63) is 39.4 Å². The summed E-state index contributed by atoms with van der Waals surface area (Å²) in [6, 6.07) is 3.03. The molecule has 0 bridgehead atoms. The SMILES string of the molecule is CCN(CC)C(=O)N1CCN(C(=O)c2cc(C(=O)O)cc([N+](=O)[O-])c2)CC1. The van der Waals surface area contributed by atoms with E-state index < -0.39 is 22.5 Å². The molecule has 146 valence electrons. The molecule has 1 aromatic carbocycles. The van der Waals surface area contributed by atoms with E-state index >= 15 is 0 Å². The molecule has 1 aliphatic heterocycles. The number of carboxylic acids is 1. The summed E-state index contributed by atoms with van der Waals surface area (Å²) in [5.74, 6) is -1.83. The van der Waals surface area contributed by atoms with E-state index in [9.17, 15) is 24.5 Å². The van der Waals surface area contributed by atoms with Gasteiger partial charge in [0, 0.05) is 57.0 Å². The first-order valence-electron chi connectivity index (χ1n) is 8.64. The highest BCUT2D eigenvalue weighted by molar-refractivity contribution is 5.98. The van der Waals surface area contributed by atoms with E-state index in [1.807, 2.05) is 13.8 Å². The van der Waals surface area contributed by atoms with Gasteiger partial charge in [-0.25, -0.2) is 9.59 Å². The fourth-order valence-electron chi connectivity index (χ4n) is 2.94. The number of carbonyl (C=O) groups excluding carboxylic acids is 2. The predicted octanol–water partition coefficient (Wildman–Crippen LogP) is 1.51.